The highest BCUT2D eigenvalue weighted by atomic mass is 79.9. The van der Waals surface area contributed by atoms with Gasteiger partial charge in [0.05, 0.1) is 0 Å². The first kappa shape index (κ1) is 35.2. The molecule has 282 valence electrons. The van der Waals surface area contributed by atoms with Gasteiger partial charge in [-0.3, -0.25) is 0 Å². The average molecular weight is 897 g/mol. The van der Waals surface area contributed by atoms with E-state index in [0.717, 1.165) is 52.8 Å². The first-order valence-electron chi connectivity index (χ1n) is 20.0. The van der Waals surface area contributed by atoms with Crippen molar-refractivity contribution in [1.29, 1.82) is 0 Å². The molecule has 60 heavy (non-hydrogen) atoms. The summed E-state index contributed by atoms with van der Waals surface area (Å²) in [5.74, 6) is 0. The van der Waals surface area contributed by atoms with Gasteiger partial charge in [-0.2, -0.15) is 0 Å². The van der Waals surface area contributed by atoms with Gasteiger partial charge >= 0.3 is 0 Å². The third-order valence-corrected chi connectivity index (χ3v) is 13.0. The summed E-state index contributed by atoms with van der Waals surface area (Å²) in [5, 5.41) is 17.3. The maximum atomic E-state index is 6.24. The molecule has 13 rings (SSSR count). The number of hydrogen-bond acceptors (Lipinski definition) is 2. The first-order valence-corrected chi connectivity index (χ1v) is 21.6. The summed E-state index contributed by atoms with van der Waals surface area (Å²) in [6, 6.07) is 69.0. The van der Waals surface area contributed by atoms with E-state index in [1.165, 1.54) is 76.1 Å². The second-order valence-electron chi connectivity index (χ2n) is 15.4. The van der Waals surface area contributed by atoms with Gasteiger partial charge in [0.25, 0.3) is 0 Å². The monoisotopic (exact) mass is 894 g/mol. The van der Waals surface area contributed by atoms with E-state index >= 15 is 0 Å². The van der Waals surface area contributed by atoms with E-state index in [0.29, 0.717) is 0 Å². The van der Waals surface area contributed by atoms with E-state index in [4.69, 9.17) is 8.83 Å². The minimum atomic E-state index is 0.910. The van der Waals surface area contributed by atoms with Crippen LogP contribution in [0.2, 0.25) is 0 Å². The van der Waals surface area contributed by atoms with Gasteiger partial charge in [0, 0.05) is 30.5 Å². The molecule has 11 aromatic carbocycles. The molecule has 2 heterocycles. The number of furan rings is 2. The fraction of sp³-hybridized carbons (Fsp3) is 0. The number of rotatable bonds is 2. The van der Waals surface area contributed by atoms with Crippen molar-refractivity contribution in [1.82, 2.24) is 0 Å². The Bertz CT molecular complexity index is 3870. The molecule has 0 aliphatic heterocycles. The third-order valence-electron chi connectivity index (χ3n) is 12.0. The van der Waals surface area contributed by atoms with Crippen LogP contribution in [-0.2, 0) is 0 Å². The molecule has 13 aromatic rings. The minimum Gasteiger partial charge on any atom is -0.456 e. The number of hydrogen-bond donors (Lipinski definition) is 0. The van der Waals surface area contributed by atoms with Crippen LogP contribution in [0, 0.1) is 0 Å². The summed E-state index contributed by atoms with van der Waals surface area (Å²) in [6.45, 7) is 0. The highest BCUT2D eigenvalue weighted by Gasteiger charge is 2.16. The molecule has 0 radical (unpaired) electrons. The van der Waals surface area contributed by atoms with Crippen molar-refractivity contribution in [2.24, 2.45) is 0 Å². The highest BCUT2D eigenvalue weighted by molar-refractivity contribution is 9.10. The van der Waals surface area contributed by atoms with Crippen LogP contribution in [0.1, 0.15) is 0 Å². The Morgan fingerprint density at radius 3 is 1.52 bits per heavy atom. The van der Waals surface area contributed by atoms with Crippen molar-refractivity contribution in [3.63, 3.8) is 0 Å². The van der Waals surface area contributed by atoms with Crippen LogP contribution in [0.3, 0.4) is 0 Å². The van der Waals surface area contributed by atoms with Crippen molar-refractivity contribution in [2.45, 2.75) is 0 Å². The van der Waals surface area contributed by atoms with Crippen molar-refractivity contribution in [3.8, 4) is 22.3 Å². The zero-order chi connectivity index (χ0) is 39.9. The molecule has 0 saturated heterocycles. The van der Waals surface area contributed by atoms with Gasteiger partial charge < -0.3 is 8.83 Å². The van der Waals surface area contributed by atoms with Crippen LogP contribution in [0.15, 0.2) is 212 Å². The van der Waals surface area contributed by atoms with E-state index < -0.39 is 0 Å². The highest BCUT2D eigenvalue weighted by Crippen LogP contribution is 2.43. The quantitative estimate of drug-likeness (QED) is 0.162. The summed E-state index contributed by atoms with van der Waals surface area (Å²) in [4.78, 5) is 0. The lowest BCUT2D eigenvalue weighted by atomic mass is 9.90. The molecule has 0 aliphatic rings. The Labute approximate surface area is 361 Å². The predicted molar refractivity (Wildman–Crippen MR) is 261 cm³/mol. The van der Waals surface area contributed by atoms with Gasteiger partial charge in [0.2, 0.25) is 0 Å². The summed E-state index contributed by atoms with van der Waals surface area (Å²) in [6.07, 6.45) is 0. The van der Waals surface area contributed by atoms with Crippen LogP contribution < -0.4 is 0 Å². The SMILES string of the molecule is Brc1ccc2oc3cc4c(cc3c2c1)c1ccccc1c1c2ccccc2ccc41.Brc1ccc2oc3ccc(-c4ccccc4-c4cccc5ccccc45)cc3c2c1. The zero-order valence-corrected chi connectivity index (χ0v) is 35.2. The summed E-state index contributed by atoms with van der Waals surface area (Å²) < 4.78 is 14.4. The fourth-order valence-corrected chi connectivity index (χ4v) is 10.0. The Balaban J connectivity index is 0.000000129. The smallest absolute Gasteiger partial charge is 0.136 e. The standard InChI is InChI=1S/C28H15BrO.C28H17BrO/c29-17-10-12-26-24(13-17)25-14-22-19-7-3-4-8-20(19)28-18-6-2-1-5-16(18)9-11-21(28)23(22)15-27(25)30-26;29-20-13-15-28-26(17-20)25-16-19(12-14-27(25)30-28)22-9-3-4-10-23(22)24-11-5-7-18-6-1-2-8-21(18)24/h1-15H;1-17H. The lowest BCUT2D eigenvalue weighted by molar-refractivity contribution is 0.668. The maximum absolute atomic E-state index is 6.24. The topological polar surface area (TPSA) is 26.3 Å². The second kappa shape index (κ2) is 13.9. The van der Waals surface area contributed by atoms with E-state index in [2.05, 4.69) is 202 Å². The molecule has 0 N–H and O–H groups in total. The van der Waals surface area contributed by atoms with Gasteiger partial charge in [-0.1, -0.05) is 165 Å². The number of halogens is 2. The first-order chi connectivity index (χ1) is 29.6. The zero-order valence-electron chi connectivity index (χ0n) is 32.0. The van der Waals surface area contributed by atoms with E-state index in [1.54, 1.807) is 0 Å². The Morgan fingerprint density at radius 1 is 0.267 bits per heavy atom. The molecule has 0 bridgehead atoms. The average Bonchev–Trinajstić information content (AvgIpc) is 3.84. The molecule has 0 fully saturated rings. The molecule has 4 heteroatoms. The van der Waals surface area contributed by atoms with Crippen molar-refractivity contribution >= 4 is 130 Å². The van der Waals surface area contributed by atoms with Crippen molar-refractivity contribution < 1.29 is 8.83 Å². The maximum Gasteiger partial charge on any atom is 0.136 e. The molecule has 0 aliphatic carbocycles. The lowest BCUT2D eigenvalue weighted by Crippen LogP contribution is -1.86. The Hall–Kier alpha value is -6.72. The second-order valence-corrected chi connectivity index (χ2v) is 17.2. The molecule has 0 amide bonds. The summed E-state index contributed by atoms with van der Waals surface area (Å²) in [5.41, 5.74) is 8.57. The lowest BCUT2D eigenvalue weighted by Gasteiger charge is -2.13. The summed E-state index contributed by atoms with van der Waals surface area (Å²) in [7, 11) is 0. The van der Waals surface area contributed by atoms with Crippen LogP contribution in [-0.4, -0.2) is 0 Å². The minimum absolute atomic E-state index is 0.910. The molecule has 2 aromatic heterocycles. The molecular weight excluding hydrogens is 864 g/mol. The molecule has 2 nitrogen and oxygen atoms in total. The van der Waals surface area contributed by atoms with E-state index in [-0.39, 0.29) is 0 Å². The number of benzene rings is 11. The van der Waals surface area contributed by atoms with Gasteiger partial charge in [-0.15, -0.1) is 0 Å². The van der Waals surface area contributed by atoms with Gasteiger partial charge in [-0.05, 0) is 137 Å². The molecule has 0 saturated carbocycles. The Morgan fingerprint density at radius 2 is 0.767 bits per heavy atom. The van der Waals surface area contributed by atoms with Crippen molar-refractivity contribution in [3.05, 3.63) is 203 Å². The molecule has 0 unspecified atom stereocenters. The van der Waals surface area contributed by atoms with Crippen LogP contribution in [0.4, 0.5) is 0 Å². The van der Waals surface area contributed by atoms with E-state index in [1.807, 2.05) is 24.3 Å². The fourth-order valence-electron chi connectivity index (χ4n) is 9.31. The third kappa shape index (κ3) is 5.66. The number of fused-ring (bicyclic) bond motifs is 15. The molecule has 0 spiro atoms. The van der Waals surface area contributed by atoms with Gasteiger partial charge in [0.15, 0.2) is 0 Å². The van der Waals surface area contributed by atoms with Crippen LogP contribution >= 0.6 is 31.9 Å². The largest absolute Gasteiger partial charge is 0.456 e. The summed E-state index contributed by atoms with van der Waals surface area (Å²) >= 11 is 7.20. The molecule has 0 atom stereocenters. The van der Waals surface area contributed by atoms with Crippen LogP contribution in [0.25, 0.3) is 120 Å². The predicted octanol–water partition coefficient (Wildman–Crippen LogP) is 17.8. The van der Waals surface area contributed by atoms with Crippen molar-refractivity contribution in [2.75, 3.05) is 0 Å². The molecular formula is C56H32Br2O2. The van der Waals surface area contributed by atoms with E-state index in [9.17, 15) is 0 Å². The van der Waals surface area contributed by atoms with Gasteiger partial charge in [0.1, 0.15) is 22.3 Å². The van der Waals surface area contributed by atoms with Crippen LogP contribution in [0.5, 0.6) is 0 Å². The normalized spacial score (nSPS) is 11.8. The van der Waals surface area contributed by atoms with Gasteiger partial charge in [-0.25, -0.2) is 0 Å². The Kier molecular flexibility index (Phi) is 8.19.